The normalized spacial score (nSPS) is 13.7. The summed E-state index contributed by atoms with van der Waals surface area (Å²) in [5.41, 5.74) is 6.29. The number of fused-ring (bicyclic) bond motifs is 2. The molecule has 0 radical (unpaired) electrons. The van der Waals surface area contributed by atoms with Gasteiger partial charge in [0, 0.05) is 0 Å². The van der Waals surface area contributed by atoms with E-state index >= 15 is 0 Å². The SMILES string of the molecule is CC.CC.c1ccc2c(c1)CCC2.c1ccc2c(c1)CCCC2. The molecule has 2 aromatic rings. The van der Waals surface area contributed by atoms with Gasteiger partial charge >= 0.3 is 0 Å². The Morgan fingerprint density at radius 3 is 1.00 bits per heavy atom. The van der Waals surface area contributed by atoms with Gasteiger partial charge in [-0.1, -0.05) is 76.2 Å². The summed E-state index contributed by atoms with van der Waals surface area (Å²) in [6.07, 6.45) is 9.34. The van der Waals surface area contributed by atoms with Gasteiger partial charge in [0.05, 0.1) is 0 Å². The fourth-order valence-electron chi connectivity index (χ4n) is 3.19. The zero-order chi connectivity index (χ0) is 16.9. The first-order chi connectivity index (χ1) is 11.4. The molecule has 0 saturated carbocycles. The summed E-state index contributed by atoms with van der Waals surface area (Å²) in [7, 11) is 0. The predicted octanol–water partition coefficient (Wildman–Crippen LogP) is 6.79. The molecule has 2 aliphatic carbocycles. The average Bonchev–Trinajstić information content (AvgIpc) is 3.14. The maximum absolute atomic E-state index is 2.26. The molecule has 0 heteroatoms. The van der Waals surface area contributed by atoms with Crippen LogP contribution in [0.2, 0.25) is 0 Å². The molecule has 2 aromatic carbocycles. The van der Waals surface area contributed by atoms with Crippen LogP contribution in [0, 0.1) is 0 Å². The monoisotopic (exact) mass is 310 g/mol. The summed E-state index contributed by atoms with van der Waals surface area (Å²) < 4.78 is 0. The van der Waals surface area contributed by atoms with Gasteiger partial charge in [-0.2, -0.15) is 0 Å². The van der Waals surface area contributed by atoms with Crippen LogP contribution in [-0.4, -0.2) is 0 Å². The average molecular weight is 311 g/mol. The molecule has 126 valence electrons. The number of benzene rings is 2. The number of aryl methyl sites for hydroxylation is 4. The summed E-state index contributed by atoms with van der Waals surface area (Å²) >= 11 is 0. The van der Waals surface area contributed by atoms with Gasteiger partial charge in [0.25, 0.3) is 0 Å². The zero-order valence-electron chi connectivity index (χ0n) is 15.6. The molecule has 0 atom stereocenters. The summed E-state index contributed by atoms with van der Waals surface area (Å²) in [4.78, 5) is 0. The van der Waals surface area contributed by atoms with Crippen molar-refractivity contribution in [3.8, 4) is 0 Å². The van der Waals surface area contributed by atoms with Crippen LogP contribution in [-0.2, 0) is 25.7 Å². The van der Waals surface area contributed by atoms with Gasteiger partial charge in [-0.05, 0) is 67.2 Å². The lowest BCUT2D eigenvalue weighted by atomic mass is 9.92. The second-order valence-electron chi connectivity index (χ2n) is 5.60. The largest absolute Gasteiger partial charge is 0.0683 e. The second-order valence-corrected chi connectivity index (χ2v) is 5.60. The highest BCUT2D eigenvalue weighted by Gasteiger charge is 2.07. The molecular formula is C23H34. The van der Waals surface area contributed by atoms with Gasteiger partial charge in [-0.25, -0.2) is 0 Å². The molecule has 23 heavy (non-hydrogen) atoms. The standard InChI is InChI=1S/C10H12.C9H10.2C2H6/c1-2-6-10-8-4-3-7-9(10)5-1;1-2-5-9-7-3-6-8(9)4-1;2*1-2/h1-2,5-6H,3-4,7-8H2;1-2,4-5H,3,6-7H2;2*1-2H3. The molecule has 0 amide bonds. The molecule has 0 N–H and O–H groups in total. The van der Waals surface area contributed by atoms with Gasteiger partial charge in [0.1, 0.15) is 0 Å². The lowest BCUT2D eigenvalue weighted by Gasteiger charge is -2.13. The van der Waals surface area contributed by atoms with Gasteiger partial charge in [0.15, 0.2) is 0 Å². The first-order valence-corrected chi connectivity index (χ1v) is 9.57. The van der Waals surface area contributed by atoms with Crippen LogP contribution in [0.25, 0.3) is 0 Å². The molecule has 0 fully saturated rings. The van der Waals surface area contributed by atoms with E-state index in [0.29, 0.717) is 0 Å². The molecule has 0 heterocycles. The molecule has 0 spiro atoms. The molecule has 0 aliphatic heterocycles. The highest BCUT2D eigenvalue weighted by molar-refractivity contribution is 5.30. The van der Waals surface area contributed by atoms with E-state index in [1.807, 2.05) is 27.7 Å². The van der Waals surface area contributed by atoms with E-state index < -0.39 is 0 Å². The molecule has 0 nitrogen and oxygen atoms in total. The van der Waals surface area contributed by atoms with Gasteiger partial charge < -0.3 is 0 Å². The number of hydrogen-bond acceptors (Lipinski definition) is 0. The first kappa shape index (κ1) is 19.5. The topological polar surface area (TPSA) is 0 Å². The van der Waals surface area contributed by atoms with Crippen molar-refractivity contribution in [2.75, 3.05) is 0 Å². The Kier molecular flexibility index (Phi) is 10.1. The number of rotatable bonds is 0. The Morgan fingerprint density at radius 2 is 0.696 bits per heavy atom. The summed E-state index contributed by atoms with van der Waals surface area (Å²) in [5.74, 6) is 0. The third kappa shape index (κ3) is 6.22. The fraction of sp³-hybridized carbons (Fsp3) is 0.478. The molecule has 0 unspecified atom stereocenters. The van der Waals surface area contributed by atoms with E-state index in [0.717, 1.165) is 0 Å². The summed E-state index contributed by atoms with van der Waals surface area (Å²) in [5, 5.41) is 0. The van der Waals surface area contributed by atoms with Crippen molar-refractivity contribution < 1.29 is 0 Å². The fourth-order valence-corrected chi connectivity index (χ4v) is 3.19. The van der Waals surface area contributed by atoms with Crippen LogP contribution in [0.3, 0.4) is 0 Å². The second kappa shape index (κ2) is 11.9. The predicted molar refractivity (Wildman–Crippen MR) is 104 cm³/mol. The van der Waals surface area contributed by atoms with Crippen LogP contribution in [0.1, 0.15) is 69.2 Å². The maximum atomic E-state index is 2.26. The Morgan fingerprint density at radius 1 is 0.435 bits per heavy atom. The minimum atomic E-state index is 1.30. The van der Waals surface area contributed by atoms with E-state index in [1.165, 1.54) is 44.9 Å². The van der Waals surface area contributed by atoms with Crippen molar-refractivity contribution >= 4 is 0 Å². The van der Waals surface area contributed by atoms with Gasteiger partial charge in [-0.3, -0.25) is 0 Å². The summed E-state index contributed by atoms with van der Waals surface area (Å²) in [6, 6.07) is 17.5. The highest BCUT2D eigenvalue weighted by Crippen LogP contribution is 2.20. The Hall–Kier alpha value is -1.56. The van der Waals surface area contributed by atoms with E-state index in [2.05, 4.69) is 48.5 Å². The lowest BCUT2D eigenvalue weighted by molar-refractivity contribution is 0.685. The maximum Gasteiger partial charge on any atom is -0.0273 e. The number of hydrogen-bond donors (Lipinski definition) is 0. The van der Waals surface area contributed by atoms with Crippen LogP contribution in [0.4, 0.5) is 0 Å². The molecule has 0 saturated heterocycles. The van der Waals surface area contributed by atoms with E-state index in [-0.39, 0.29) is 0 Å². The van der Waals surface area contributed by atoms with Crippen molar-refractivity contribution in [3.05, 3.63) is 70.8 Å². The van der Waals surface area contributed by atoms with Gasteiger partial charge in [0.2, 0.25) is 0 Å². The van der Waals surface area contributed by atoms with Crippen molar-refractivity contribution in [1.29, 1.82) is 0 Å². The Labute approximate surface area is 144 Å². The van der Waals surface area contributed by atoms with E-state index in [1.54, 1.807) is 22.3 Å². The zero-order valence-corrected chi connectivity index (χ0v) is 15.6. The van der Waals surface area contributed by atoms with Crippen LogP contribution >= 0.6 is 0 Å². The van der Waals surface area contributed by atoms with E-state index in [9.17, 15) is 0 Å². The first-order valence-electron chi connectivity index (χ1n) is 9.57. The van der Waals surface area contributed by atoms with Crippen molar-refractivity contribution in [1.82, 2.24) is 0 Å². The third-order valence-corrected chi connectivity index (χ3v) is 4.27. The van der Waals surface area contributed by atoms with E-state index in [4.69, 9.17) is 0 Å². The third-order valence-electron chi connectivity index (χ3n) is 4.27. The Balaban J connectivity index is 0.000000190. The molecular weight excluding hydrogens is 276 g/mol. The van der Waals surface area contributed by atoms with Crippen molar-refractivity contribution in [2.24, 2.45) is 0 Å². The van der Waals surface area contributed by atoms with Crippen LogP contribution in [0.15, 0.2) is 48.5 Å². The smallest absolute Gasteiger partial charge is 0.0273 e. The van der Waals surface area contributed by atoms with Crippen molar-refractivity contribution in [2.45, 2.75) is 72.6 Å². The highest BCUT2D eigenvalue weighted by atomic mass is 14.1. The van der Waals surface area contributed by atoms with Crippen molar-refractivity contribution in [3.63, 3.8) is 0 Å². The molecule has 0 bridgehead atoms. The molecule has 4 rings (SSSR count). The Bertz CT molecular complexity index is 491. The summed E-state index contributed by atoms with van der Waals surface area (Å²) in [6.45, 7) is 8.00. The quantitative estimate of drug-likeness (QED) is 0.502. The minimum Gasteiger partial charge on any atom is -0.0683 e. The van der Waals surface area contributed by atoms with Crippen LogP contribution < -0.4 is 0 Å². The van der Waals surface area contributed by atoms with Gasteiger partial charge in [-0.15, -0.1) is 0 Å². The van der Waals surface area contributed by atoms with Crippen LogP contribution in [0.5, 0.6) is 0 Å². The molecule has 0 aromatic heterocycles. The minimum absolute atomic E-state index is 1.30. The lowest BCUT2D eigenvalue weighted by Crippen LogP contribution is -2.00. The molecule has 2 aliphatic rings.